The van der Waals surface area contributed by atoms with E-state index in [1.165, 1.54) is 14.2 Å². The predicted molar refractivity (Wildman–Crippen MR) is 119 cm³/mol. The number of urea groups is 2. The van der Waals surface area contributed by atoms with Gasteiger partial charge in [0.2, 0.25) is 5.91 Å². The first-order valence-corrected chi connectivity index (χ1v) is 10.3. The standard InChI is InChI=1S/C23H26N4O6/c1-23(16-9-10-17(32-2)18(13-16)33-3)20(29)27(22(31)26-23)12-11-19(28)25-21(30)24-14-15-7-5-4-6-8-15/h4-10,13H,11-12,14H2,1-3H3,(H,26,31)(H2,24,25,28,30)/t23-/m0/s1. The molecule has 0 radical (unpaired) electrons. The van der Waals surface area contributed by atoms with Crippen LogP contribution in [0, 0.1) is 0 Å². The second-order valence-corrected chi connectivity index (χ2v) is 7.55. The van der Waals surface area contributed by atoms with Gasteiger partial charge in [-0.3, -0.25) is 19.8 Å². The molecule has 0 unspecified atom stereocenters. The van der Waals surface area contributed by atoms with Crippen molar-refractivity contribution in [2.75, 3.05) is 20.8 Å². The molecule has 1 saturated heterocycles. The van der Waals surface area contributed by atoms with Crippen LogP contribution in [-0.4, -0.2) is 49.5 Å². The molecule has 3 N–H and O–H groups in total. The van der Waals surface area contributed by atoms with Crippen molar-refractivity contribution in [3.8, 4) is 11.5 Å². The first-order valence-electron chi connectivity index (χ1n) is 10.3. The molecule has 2 aromatic rings. The number of benzene rings is 2. The summed E-state index contributed by atoms with van der Waals surface area (Å²) in [5.74, 6) is -0.222. The van der Waals surface area contributed by atoms with Crippen LogP contribution in [0.2, 0.25) is 0 Å². The molecule has 33 heavy (non-hydrogen) atoms. The van der Waals surface area contributed by atoms with Crippen molar-refractivity contribution in [1.29, 1.82) is 0 Å². The minimum absolute atomic E-state index is 0.175. The Kier molecular flexibility index (Phi) is 7.17. The molecular weight excluding hydrogens is 428 g/mol. The van der Waals surface area contributed by atoms with Crippen LogP contribution in [0.25, 0.3) is 0 Å². The molecule has 1 aliphatic heterocycles. The number of hydrogen-bond donors (Lipinski definition) is 3. The third-order valence-electron chi connectivity index (χ3n) is 5.35. The van der Waals surface area contributed by atoms with Crippen LogP contribution in [-0.2, 0) is 21.7 Å². The topological polar surface area (TPSA) is 126 Å². The van der Waals surface area contributed by atoms with E-state index >= 15 is 0 Å². The van der Waals surface area contributed by atoms with Crippen LogP contribution in [0.4, 0.5) is 9.59 Å². The lowest BCUT2D eigenvalue weighted by molar-refractivity contribution is -0.131. The van der Waals surface area contributed by atoms with Crippen molar-refractivity contribution in [3.05, 3.63) is 59.7 Å². The number of ether oxygens (including phenoxy) is 2. The minimum Gasteiger partial charge on any atom is -0.493 e. The van der Waals surface area contributed by atoms with E-state index in [1.807, 2.05) is 30.3 Å². The first kappa shape index (κ1) is 23.6. The zero-order chi connectivity index (χ0) is 24.0. The molecule has 2 aromatic carbocycles. The molecule has 174 valence electrons. The van der Waals surface area contributed by atoms with Gasteiger partial charge in [-0.05, 0) is 30.2 Å². The number of amides is 6. The van der Waals surface area contributed by atoms with Gasteiger partial charge in [0.15, 0.2) is 11.5 Å². The number of carbonyl (C=O) groups is 4. The number of imide groups is 2. The van der Waals surface area contributed by atoms with Crippen LogP contribution in [0.15, 0.2) is 48.5 Å². The minimum atomic E-state index is -1.33. The lowest BCUT2D eigenvalue weighted by atomic mass is 9.91. The number of rotatable bonds is 8. The maximum absolute atomic E-state index is 13.0. The van der Waals surface area contributed by atoms with Crippen LogP contribution >= 0.6 is 0 Å². The van der Waals surface area contributed by atoms with Gasteiger partial charge in [-0.15, -0.1) is 0 Å². The summed E-state index contributed by atoms with van der Waals surface area (Å²) in [6.45, 7) is 1.66. The zero-order valence-electron chi connectivity index (χ0n) is 18.6. The highest BCUT2D eigenvalue weighted by Gasteiger charge is 2.49. The fourth-order valence-corrected chi connectivity index (χ4v) is 3.47. The van der Waals surface area contributed by atoms with E-state index in [9.17, 15) is 19.2 Å². The number of nitrogens with one attached hydrogen (secondary N) is 3. The Hall–Kier alpha value is -4.08. The number of carbonyl (C=O) groups excluding carboxylic acids is 4. The molecule has 1 fully saturated rings. The van der Waals surface area contributed by atoms with Gasteiger partial charge < -0.3 is 20.1 Å². The van der Waals surface area contributed by atoms with Crippen molar-refractivity contribution >= 4 is 23.9 Å². The lowest BCUT2D eigenvalue weighted by Crippen LogP contribution is -2.42. The summed E-state index contributed by atoms with van der Waals surface area (Å²) in [5, 5.41) is 7.44. The van der Waals surface area contributed by atoms with Crippen molar-refractivity contribution in [2.24, 2.45) is 0 Å². The fraction of sp³-hybridized carbons (Fsp3) is 0.304. The van der Waals surface area contributed by atoms with Gasteiger partial charge in [-0.2, -0.15) is 0 Å². The third kappa shape index (κ3) is 5.22. The molecule has 10 heteroatoms. The van der Waals surface area contributed by atoms with Crippen LogP contribution in [0.3, 0.4) is 0 Å². The van der Waals surface area contributed by atoms with E-state index < -0.39 is 29.4 Å². The van der Waals surface area contributed by atoms with Crippen molar-refractivity contribution in [2.45, 2.75) is 25.4 Å². The van der Waals surface area contributed by atoms with Crippen molar-refractivity contribution in [1.82, 2.24) is 20.9 Å². The van der Waals surface area contributed by atoms with Gasteiger partial charge >= 0.3 is 12.1 Å². The predicted octanol–water partition coefficient (Wildman–Crippen LogP) is 1.89. The Morgan fingerprint density at radius 1 is 1.03 bits per heavy atom. The highest BCUT2D eigenvalue weighted by atomic mass is 16.5. The third-order valence-corrected chi connectivity index (χ3v) is 5.35. The highest BCUT2D eigenvalue weighted by Crippen LogP contribution is 2.35. The fourth-order valence-electron chi connectivity index (χ4n) is 3.47. The van der Waals surface area contributed by atoms with Crippen LogP contribution < -0.4 is 25.4 Å². The largest absolute Gasteiger partial charge is 0.493 e. The molecule has 0 aromatic heterocycles. The van der Waals surface area contributed by atoms with Gasteiger partial charge in [0, 0.05) is 19.5 Å². The molecule has 0 saturated carbocycles. The Balaban J connectivity index is 1.57. The molecule has 0 spiro atoms. The molecular formula is C23H26N4O6. The summed E-state index contributed by atoms with van der Waals surface area (Å²) < 4.78 is 10.5. The quantitative estimate of drug-likeness (QED) is 0.523. The van der Waals surface area contributed by atoms with E-state index in [2.05, 4.69) is 16.0 Å². The van der Waals surface area contributed by atoms with Crippen LogP contribution in [0.5, 0.6) is 11.5 Å². The zero-order valence-corrected chi connectivity index (χ0v) is 18.6. The average molecular weight is 454 g/mol. The lowest BCUT2D eigenvalue weighted by Gasteiger charge is -2.23. The van der Waals surface area contributed by atoms with Gasteiger partial charge in [0.05, 0.1) is 14.2 Å². The number of methoxy groups -OCH3 is 2. The molecule has 0 aliphatic carbocycles. The second kappa shape index (κ2) is 10.0. The molecule has 1 heterocycles. The maximum atomic E-state index is 13.0. The van der Waals surface area contributed by atoms with Gasteiger partial charge in [-0.1, -0.05) is 36.4 Å². The summed E-state index contributed by atoms with van der Waals surface area (Å²) >= 11 is 0. The van der Waals surface area contributed by atoms with Gasteiger partial charge in [0.1, 0.15) is 5.54 Å². The molecule has 6 amide bonds. The molecule has 1 atom stereocenters. The van der Waals surface area contributed by atoms with E-state index in [0.29, 0.717) is 17.1 Å². The van der Waals surface area contributed by atoms with Crippen molar-refractivity contribution in [3.63, 3.8) is 0 Å². The SMILES string of the molecule is COc1ccc([C@]2(C)NC(=O)N(CCC(=O)NC(=O)NCc3ccccc3)C2=O)cc1OC. The van der Waals surface area contributed by atoms with Crippen molar-refractivity contribution < 1.29 is 28.7 Å². The Bertz CT molecular complexity index is 1060. The van der Waals surface area contributed by atoms with E-state index in [4.69, 9.17) is 9.47 Å². The maximum Gasteiger partial charge on any atom is 0.325 e. The average Bonchev–Trinajstić information content (AvgIpc) is 3.04. The van der Waals surface area contributed by atoms with Gasteiger partial charge in [0.25, 0.3) is 5.91 Å². The molecule has 10 nitrogen and oxygen atoms in total. The summed E-state index contributed by atoms with van der Waals surface area (Å²) in [5.41, 5.74) is 0.0554. The van der Waals surface area contributed by atoms with Gasteiger partial charge in [-0.25, -0.2) is 9.59 Å². The summed E-state index contributed by atoms with van der Waals surface area (Å²) in [4.78, 5) is 50.6. The second-order valence-electron chi connectivity index (χ2n) is 7.55. The summed E-state index contributed by atoms with van der Waals surface area (Å²) in [6.07, 6.45) is -0.222. The monoisotopic (exact) mass is 454 g/mol. The number of hydrogen-bond acceptors (Lipinski definition) is 6. The number of nitrogens with zero attached hydrogens (tertiary/aromatic N) is 1. The highest BCUT2D eigenvalue weighted by molar-refractivity contribution is 6.07. The first-order chi connectivity index (χ1) is 15.8. The smallest absolute Gasteiger partial charge is 0.325 e. The Morgan fingerprint density at radius 2 is 1.73 bits per heavy atom. The van der Waals surface area contributed by atoms with E-state index in [1.54, 1.807) is 25.1 Å². The summed E-state index contributed by atoms with van der Waals surface area (Å²) in [6, 6.07) is 12.9. The molecule has 0 bridgehead atoms. The molecule has 3 rings (SSSR count). The Morgan fingerprint density at radius 3 is 2.39 bits per heavy atom. The molecule has 1 aliphatic rings. The normalized spacial score (nSPS) is 17.4. The van der Waals surface area contributed by atoms with Crippen LogP contribution in [0.1, 0.15) is 24.5 Å². The van der Waals surface area contributed by atoms with E-state index in [0.717, 1.165) is 10.5 Å². The summed E-state index contributed by atoms with van der Waals surface area (Å²) in [7, 11) is 2.97. The van der Waals surface area contributed by atoms with E-state index in [-0.39, 0.29) is 19.5 Å². The Labute approximate surface area is 191 Å².